The zero-order valence-electron chi connectivity index (χ0n) is 12.0. The molecule has 0 atom stereocenters. The third-order valence-corrected chi connectivity index (χ3v) is 3.10. The fraction of sp³-hybridized carbons (Fsp3) is 0.267. The molecule has 5 nitrogen and oxygen atoms in total. The van der Waals surface area contributed by atoms with Gasteiger partial charge in [-0.05, 0) is 38.1 Å². The molecule has 2 N–H and O–H groups in total. The number of rotatable bonds is 5. The van der Waals surface area contributed by atoms with Crippen molar-refractivity contribution in [1.82, 2.24) is 15.3 Å². The van der Waals surface area contributed by atoms with Crippen LogP contribution in [-0.2, 0) is 6.54 Å². The lowest BCUT2D eigenvalue weighted by molar-refractivity contribution is 0.0945. The normalized spacial score (nSPS) is 10.2. The molecule has 2 rings (SSSR count). The average molecular weight is 305 g/mol. The van der Waals surface area contributed by atoms with Crippen LogP contribution in [0.5, 0.6) is 0 Å². The molecule has 0 aliphatic rings. The maximum Gasteiger partial charge on any atom is 0.271 e. The Morgan fingerprint density at radius 1 is 1.24 bits per heavy atom. The highest BCUT2D eigenvalue weighted by atomic mass is 35.5. The van der Waals surface area contributed by atoms with Crippen LogP contribution in [0, 0.1) is 6.92 Å². The molecule has 0 fully saturated rings. The molecule has 0 aliphatic carbocycles. The van der Waals surface area contributed by atoms with Crippen molar-refractivity contribution in [2.75, 3.05) is 11.9 Å². The van der Waals surface area contributed by atoms with Gasteiger partial charge >= 0.3 is 0 Å². The van der Waals surface area contributed by atoms with Crippen LogP contribution >= 0.6 is 11.6 Å². The van der Waals surface area contributed by atoms with E-state index in [-0.39, 0.29) is 11.6 Å². The van der Waals surface area contributed by atoms with Crippen LogP contribution in [-0.4, -0.2) is 22.4 Å². The van der Waals surface area contributed by atoms with E-state index in [0.29, 0.717) is 17.4 Å². The van der Waals surface area contributed by atoms with E-state index in [2.05, 4.69) is 20.6 Å². The number of aromatic nitrogens is 2. The van der Waals surface area contributed by atoms with Crippen molar-refractivity contribution >= 4 is 23.3 Å². The van der Waals surface area contributed by atoms with Crippen LogP contribution in [0.3, 0.4) is 0 Å². The smallest absolute Gasteiger partial charge is 0.271 e. The highest BCUT2D eigenvalue weighted by Gasteiger charge is 2.13. The monoisotopic (exact) mass is 304 g/mol. The van der Waals surface area contributed by atoms with E-state index in [1.54, 1.807) is 12.1 Å². The first kappa shape index (κ1) is 15.3. The summed E-state index contributed by atoms with van der Waals surface area (Å²) in [4.78, 5) is 20.7. The standard InChI is InChI=1S/C15H17ClN4O/c1-3-17-13-8-7-12(16)14(20-13)15(21)18-9-11-6-4-5-10(2)19-11/h4-8H,3,9H2,1-2H3,(H,17,20)(H,18,21). The molecule has 0 bridgehead atoms. The van der Waals surface area contributed by atoms with Gasteiger partial charge in [-0.3, -0.25) is 9.78 Å². The summed E-state index contributed by atoms with van der Waals surface area (Å²) in [5.41, 5.74) is 1.91. The van der Waals surface area contributed by atoms with Crippen molar-refractivity contribution in [1.29, 1.82) is 0 Å². The minimum absolute atomic E-state index is 0.211. The van der Waals surface area contributed by atoms with E-state index in [9.17, 15) is 4.79 Å². The molecular formula is C15H17ClN4O. The number of pyridine rings is 2. The lowest BCUT2D eigenvalue weighted by Crippen LogP contribution is -2.25. The van der Waals surface area contributed by atoms with Crippen LogP contribution in [0.15, 0.2) is 30.3 Å². The molecule has 0 aliphatic heterocycles. The van der Waals surface area contributed by atoms with Crippen molar-refractivity contribution in [2.24, 2.45) is 0 Å². The lowest BCUT2D eigenvalue weighted by atomic mass is 10.3. The first-order chi connectivity index (χ1) is 10.1. The summed E-state index contributed by atoms with van der Waals surface area (Å²) in [5.74, 6) is 0.309. The van der Waals surface area contributed by atoms with Gasteiger partial charge in [-0.1, -0.05) is 17.7 Å². The second-order valence-corrected chi connectivity index (χ2v) is 4.92. The predicted octanol–water partition coefficient (Wildman–Crippen LogP) is 2.80. The van der Waals surface area contributed by atoms with Gasteiger partial charge in [0.25, 0.3) is 5.91 Å². The Labute approximate surface area is 128 Å². The third kappa shape index (κ3) is 4.16. The van der Waals surface area contributed by atoms with Gasteiger partial charge in [0.15, 0.2) is 0 Å². The summed E-state index contributed by atoms with van der Waals surface area (Å²) in [6.45, 7) is 4.93. The van der Waals surface area contributed by atoms with Gasteiger partial charge in [-0.25, -0.2) is 4.98 Å². The second kappa shape index (κ2) is 7.04. The largest absolute Gasteiger partial charge is 0.370 e. The van der Waals surface area contributed by atoms with Crippen molar-refractivity contribution in [3.05, 3.63) is 52.4 Å². The molecule has 21 heavy (non-hydrogen) atoms. The first-order valence-electron chi connectivity index (χ1n) is 6.71. The van der Waals surface area contributed by atoms with Crippen molar-refractivity contribution in [2.45, 2.75) is 20.4 Å². The summed E-state index contributed by atoms with van der Waals surface area (Å²) in [6.07, 6.45) is 0. The van der Waals surface area contributed by atoms with Gasteiger partial charge in [0.05, 0.1) is 17.3 Å². The minimum atomic E-state index is -0.317. The molecule has 0 saturated carbocycles. The number of carbonyl (C=O) groups is 1. The van der Waals surface area contributed by atoms with E-state index in [1.807, 2.05) is 32.0 Å². The van der Waals surface area contributed by atoms with Crippen molar-refractivity contribution < 1.29 is 4.79 Å². The molecule has 1 amide bonds. The molecule has 0 spiro atoms. The Morgan fingerprint density at radius 3 is 2.76 bits per heavy atom. The average Bonchev–Trinajstić information content (AvgIpc) is 2.47. The van der Waals surface area contributed by atoms with Gasteiger partial charge in [0.2, 0.25) is 0 Å². The maximum absolute atomic E-state index is 12.2. The van der Waals surface area contributed by atoms with E-state index in [4.69, 9.17) is 11.6 Å². The highest BCUT2D eigenvalue weighted by molar-refractivity contribution is 6.33. The van der Waals surface area contributed by atoms with Crippen LogP contribution < -0.4 is 10.6 Å². The first-order valence-corrected chi connectivity index (χ1v) is 7.09. The van der Waals surface area contributed by atoms with E-state index >= 15 is 0 Å². The summed E-state index contributed by atoms with van der Waals surface area (Å²) in [6, 6.07) is 9.07. The third-order valence-electron chi connectivity index (χ3n) is 2.80. The van der Waals surface area contributed by atoms with Gasteiger partial charge in [-0.15, -0.1) is 0 Å². The van der Waals surface area contributed by atoms with Gasteiger partial charge in [-0.2, -0.15) is 0 Å². The summed E-state index contributed by atoms with van der Waals surface area (Å²) in [5, 5.41) is 6.15. The molecule has 2 aromatic rings. The minimum Gasteiger partial charge on any atom is -0.370 e. The number of hydrogen-bond donors (Lipinski definition) is 2. The second-order valence-electron chi connectivity index (χ2n) is 4.51. The van der Waals surface area contributed by atoms with Gasteiger partial charge in [0.1, 0.15) is 11.5 Å². The molecule has 2 aromatic heterocycles. The Morgan fingerprint density at radius 2 is 2.05 bits per heavy atom. The number of hydrogen-bond acceptors (Lipinski definition) is 4. The van der Waals surface area contributed by atoms with Gasteiger partial charge in [0, 0.05) is 12.2 Å². The molecule has 110 valence electrons. The van der Waals surface area contributed by atoms with Crippen LogP contribution in [0.25, 0.3) is 0 Å². The molecule has 0 unspecified atom stereocenters. The summed E-state index contributed by atoms with van der Waals surface area (Å²) >= 11 is 6.03. The Hall–Kier alpha value is -2.14. The zero-order valence-corrected chi connectivity index (χ0v) is 12.7. The molecule has 6 heteroatoms. The quantitative estimate of drug-likeness (QED) is 0.891. The predicted molar refractivity (Wildman–Crippen MR) is 83.6 cm³/mol. The van der Waals surface area contributed by atoms with E-state index < -0.39 is 0 Å². The number of nitrogens with zero attached hydrogens (tertiary/aromatic N) is 2. The lowest BCUT2D eigenvalue weighted by Gasteiger charge is -2.08. The number of nitrogens with one attached hydrogen (secondary N) is 2. The Balaban J connectivity index is 2.07. The topological polar surface area (TPSA) is 66.9 Å². The highest BCUT2D eigenvalue weighted by Crippen LogP contribution is 2.16. The number of amides is 1. The number of halogens is 1. The number of anilines is 1. The van der Waals surface area contributed by atoms with E-state index in [0.717, 1.165) is 17.9 Å². The van der Waals surface area contributed by atoms with E-state index in [1.165, 1.54) is 0 Å². The maximum atomic E-state index is 12.2. The van der Waals surface area contributed by atoms with Crippen LogP contribution in [0.2, 0.25) is 5.02 Å². The van der Waals surface area contributed by atoms with Gasteiger partial charge < -0.3 is 10.6 Å². The zero-order chi connectivity index (χ0) is 15.2. The molecule has 2 heterocycles. The Bertz CT molecular complexity index is 645. The SMILES string of the molecule is CCNc1ccc(Cl)c(C(=O)NCc2cccc(C)n2)n1. The molecule has 0 aromatic carbocycles. The summed E-state index contributed by atoms with van der Waals surface area (Å²) in [7, 11) is 0. The van der Waals surface area contributed by atoms with Crippen LogP contribution in [0.4, 0.5) is 5.82 Å². The molecule has 0 saturated heterocycles. The molecule has 0 radical (unpaired) electrons. The van der Waals surface area contributed by atoms with Crippen molar-refractivity contribution in [3.63, 3.8) is 0 Å². The summed E-state index contributed by atoms with van der Waals surface area (Å²) < 4.78 is 0. The number of carbonyl (C=O) groups excluding carboxylic acids is 1. The number of aryl methyl sites for hydroxylation is 1. The molecular weight excluding hydrogens is 288 g/mol. The fourth-order valence-corrected chi connectivity index (χ4v) is 2.02. The van der Waals surface area contributed by atoms with Crippen LogP contribution in [0.1, 0.15) is 28.8 Å². The fourth-order valence-electron chi connectivity index (χ4n) is 1.83. The Kier molecular flexibility index (Phi) is 5.11. The van der Waals surface area contributed by atoms with Crippen molar-refractivity contribution in [3.8, 4) is 0 Å².